The predicted molar refractivity (Wildman–Crippen MR) is 101 cm³/mol. The van der Waals surface area contributed by atoms with Crippen molar-refractivity contribution < 1.29 is 28.9 Å². The molecule has 156 valence electrons. The summed E-state index contributed by atoms with van der Waals surface area (Å²) in [5, 5.41) is 22.8. The number of amides is 1. The molecule has 5 atom stereocenters. The van der Waals surface area contributed by atoms with Crippen molar-refractivity contribution in [2.75, 3.05) is 33.4 Å². The van der Waals surface area contributed by atoms with Crippen LogP contribution >= 0.6 is 11.6 Å². The van der Waals surface area contributed by atoms with Gasteiger partial charge in [0.15, 0.2) is 0 Å². The lowest BCUT2D eigenvalue weighted by molar-refractivity contribution is -0.0209. The molecule has 3 rings (SSSR count). The van der Waals surface area contributed by atoms with Gasteiger partial charge in [0.1, 0.15) is 18.0 Å². The van der Waals surface area contributed by atoms with Gasteiger partial charge in [-0.2, -0.15) is 0 Å². The van der Waals surface area contributed by atoms with Crippen LogP contribution in [0.15, 0.2) is 18.2 Å². The molecule has 2 fully saturated rings. The first-order valence-corrected chi connectivity index (χ1v) is 9.76. The lowest BCUT2D eigenvalue weighted by Gasteiger charge is -2.34. The average molecular weight is 417 g/mol. The SMILES string of the molecule is COC[C@H]1CCCN1[C@@H]1[C@H](O)[C@H](CO)O[C@@H]1CNC(=O)c1ccc(F)c(Cl)c1. The van der Waals surface area contributed by atoms with Crippen LogP contribution in [0.25, 0.3) is 0 Å². The number of hydrogen-bond acceptors (Lipinski definition) is 6. The molecule has 1 aromatic rings. The zero-order valence-electron chi connectivity index (χ0n) is 15.7. The van der Waals surface area contributed by atoms with Gasteiger partial charge in [-0.25, -0.2) is 4.39 Å². The normalized spacial score (nSPS) is 30.7. The number of nitrogens with one attached hydrogen (secondary N) is 1. The second kappa shape index (κ2) is 9.47. The Kier molecular flexibility index (Phi) is 7.25. The van der Waals surface area contributed by atoms with Gasteiger partial charge in [0.2, 0.25) is 0 Å². The molecule has 1 aromatic carbocycles. The Morgan fingerprint density at radius 3 is 2.93 bits per heavy atom. The summed E-state index contributed by atoms with van der Waals surface area (Å²) < 4.78 is 24.4. The van der Waals surface area contributed by atoms with Crippen LogP contribution in [0.1, 0.15) is 23.2 Å². The molecule has 0 unspecified atom stereocenters. The zero-order chi connectivity index (χ0) is 20.3. The molecule has 0 saturated carbocycles. The Labute approximate surface area is 168 Å². The van der Waals surface area contributed by atoms with Crippen LogP contribution in [-0.2, 0) is 9.47 Å². The number of likely N-dealkylation sites (tertiary alicyclic amines) is 1. The highest BCUT2D eigenvalue weighted by molar-refractivity contribution is 6.31. The maximum absolute atomic E-state index is 13.3. The quantitative estimate of drug-likeness (QED) is 0.609. The molecule has 2 saturated heterocycles. The van der Waals surface area contributed by atoms with Crippen LogP contribution in [-0.4, -0.2) is 84.8 Å². The molecule has 1 amide bonds. The van der Waals surface area contributed by atoms with Crippen molar-refractivity contribution in [1.29, 1.82) is 0 Å². The fourth-order valence-corrected chi connectivity index (χ4v) is 4.29. The summed E-state index contributed by atoms with van der Waals surface area (Å²) >= 11 is 5.74. The van der Waals surface area contributed by atoms with Gasteiger partial charge < -0.3 is 25.0 Å². The molecular formula is C19H26ClFN2O5. The third-order valence-corrected chi connectivity index (χ3v) is 5.74. The summed E-state index contributed by atoms with van der Waals surface area (Å²) in [5.74, 6) is -1.01. The van der Waals surface area contributed by atoms with E-state index in [2.05, 4.69) is 10.2 Å². The molecule has 2 heterocycles. The van der Waals surface area contributed by atoms with Crippen molar-refractivity contribution in [2.45, 2.75) is 43.2 Å². The standard InChI is InChI=1S/C19H26ClFN2O5/c1-27-10-12-3-2-6-23(12)17-15(28-16(9-24)18(17)25)8-22-19(26)11-4-5-14(21)13(20)7-11/h4-5,7,12,15-18,24-25H,2-3,6,8-10H2,1H3,(H,22,26)/t12-,15-,16+,17+,18-/m1/s1. The van der Waals surface area contributed by atoms with Crippen LogP contribution < -0.4 is 5.32 Å². The summed E-state index contributed by atoms with van der Waals surface area (Å²) in [6, 6.07) is 3.54. The number of ether oxygens (including phenoxy) is 2. The number of halogens is 2. The highest BCUT2D eigenvalue weighted by Gasteiger charge is 2.48. The average Bonchev–Trinajstić information content (AvgIpc) is 3.25. The Bertz CT molecular complexity index is 694. The van der Waals surface area contributed by atoms with E-state index in [0.29, 0.717) is 6.61 Å². The van der Waals surface area contributed by atoms with E-state index in [-0.39, 0.29) is 35.8 Å². The van der Waals surface area contributed by atoms with Gasteiger partial charge in [-0.1, -0.05) is 11.6 Å². The molecule has 0 radical (unpaired) electrons. The van der Waals surface area contributed by atoms with Gasteiger partial charge in [-0.15, -0.1) is 0 Å². The van der Waals surface area contributed by atoms with E-state index in [1.54, 1.807) is 7.11 Å². The number of nitrogens with zero attached hydrogens (tertiary/aromatic N) is 1. The number of methoxy groups -OCH3 is 1. The largest absolute Gasteiger partial charge is 0.394 e. The van der Waals surface area contributed by atoms with Gasteiger partial charge in [-0.3, -0.25) is 9.69 Å². The number of rotatable bonds is 7. The monoisotopic (exact) mass is 416 g/mol. The van der Waals surface area contributed by atoms with Crippen molar-refractivity contribution in [3.8, 4) is 0 Å². The number of carbonyl (C=O) groups is 1. The maximum atomic E-state index is 13.3. The van der Waals surface area contributed by atoms with E-state index in [1.807, 2.05) is 0 Å². The second-order valence-electron chi connectivity index (χ2n) is 7.20. The molecule has 2 aliphatic rings. The first kappa shape index (κ1) is 21.4. The number of aliphatic hydroxyl groups is 2. The lowest BCUT2D eigenvalue weighted by atomic mass is 10.0. The smallest absolute Gasteiger partial charge is 0.251 e. The third-order valence-electron chi connectivity index (χ3n) is 5.45. The van der Waals surface area contributed by atoms with E-state index in [1.165, 1.54) is 12.1 Å². The zero-order valence-corrected chi connectivity index (χ0v) is 16.4. The van der Waals surface area contributed by atoms with Crippen molar-refractivity contribution in [3.63, 3.8) is 0 Å². The van der Waals surface area contributed by atoms with Crippen LogP contribution in [0.2, 0.25) is 5.02 Å². The first-order chi connectivity index (χ1) is 13.5. The number of benzene rings is 1. The second-order valence-corrected chi connectivity index (χ2v) is 7.61. The van der Waals surface area contributed by atoms with Gasteiger partial charge in [0.05, 0.1) is 30.4 Å². The van der Waals surface area contributed by atoms with E-state index in [4.69, 9.17) is 21.1 Å². The van der Waals surface area contributed by atoms with Gasteiger partial charge in [-0.05, 0) is 37.6 Å². The van der Waals surface area contributed by atoms with Crippen LogP contribution in [0.5, 0.6) is 0 Å². The van der Waals surface area contributed by atoms with Gasteiger partial charge in [0.25, 0.3) is 5.91 Å². The third kappa shape index (κ3) is 4.48. The Balaban J connectivity index is 1.69. The summed E-state index contributed by atoms with van der Waals surface area (Å²) in [7, 11) is 1.64. The molecule has 0 spiro atoms. The van der Waals surface area contributed by atoms with Gasteiger partial charge in [0, 0.05) is 25.3 Å². The number of aliphatic hydroxyl groups excluding tert-OH is 2. The Morgan fingerprint density at radius 1 is 1.46 bits per heavy atom. The van der Waals surface area contributed by atoms with Crippen LogP contribution in [0, 0.1) is 5.82 Å². The van der Waals surface area contributed by atoms with Crippen LogP contribution in [0.4, 0.5) is 4.39 Å². The molecular weight excluding hydrogens is 391 g/mol. The molecule has 2 aliphatic heterocycles. The maximum Gasteiger partial charge on any atom is 0.251 e. The van der Waals surface area contributed by atoms with E-state index in [0.717, 1.165) is 25.5 Å². The van der Waals surface area contributed by atoms with Crippen molar-refractivity contribution in [3.05, 3.63) is 34.6 Å². The van der Waals surface area contributed by atoms with E-state index >= 15 is 0 Å². The highest BCUT2D eigenvalue weighted by atomic mass is 35.5. The van der Waals surface area contributed by atoms with Crippen LogP contribution in [0.3, 0.4) is 0 Å². The molecule has 9 heteroatoms. The lowest BCUT2D eigenvalue weighted by Crippen LogP contribution is -2.53. The van der Waals surface area contributed by atoms with Crippen molar-refractivity contribution in [2.24, 2.45) is 0 Å². The highest BCUT2D eigenvalue weighted by Crippen LogP contribution is 2.31. The summed E-state index contributed by atoms with van der Waals surface area (Å²) in [5.41, 5.74) is 0.235. The minimum absolute atomic E-state index is 0.127. The van der Waals surface area contributed by atoms with E-state index < -0.39 is 30.0 Å². The summed E-state index contributed by atoms with van der Waals surface area (Å²) in [6.45, 7) is 1.16. The van der Waals surface area contributed by atoms with Gasteiger partial charge >= 0.3 is 0 Å². The molecule has 0 aliphatic carbocycles. The minimum atomic E-state index is -0.871. The van der Waals surface area contributed by atoms with Crippen molar-refractivity contribution in [1.82, 2.24) is 10.2 Å². The summed E-state index contributed by atoms with van der Waals surface area (Å²) in [6.07, 6.45) is -0.146. The molecule has 0 aromatic heterocycles. The molecule has 3 N–H and O–H groups in total. The molecule has 28 heavy (non-hydrogen) atoms. The molecule has 7 nitrogen and oxygen atoms in total. The minimum Gasteiger partial charge on any atom is -0.394 e. The predicted octanol–water partition coefficient (Wildman–Crippen LogP) is 0.809. The fourth-order valence-electron chi connectivity index (χ4n) is 4.11. The Hall–Kier alpha value is -1.29. The topological polar surface area (TPSA) is 91.3 Å². The fraction of sp³-hybridized carbons (Fsp3) is 0.632. The number of hydrogen-bond donors (Lipinski definition) is 3. The number of carbonyl (C=O) groups excluding carboxylic acids is 1. The molecule has 0 bridgehead atoms. The first-order valence-electron chi connectivity index (χ1n) is 9.38. The Morgan fingerprint density at radius 2 is 2.25 bits per heavy atom. The van der Waals surface area contributed by atoms with E-state index in [9.17, 15) is 19.4 Å². The van der Waals surface area contributed by atoms with Crippen molar-refractivity contribution >= 4 is 17.5 Å². The summed E-state index contributed by atoms with van der Waals surface area (Å²) in [4.78, 5) is 14.5.